The molecule has 0 bridgehead atoms. The minimum Gasteiger partial charge on any atom is -0.368 e. The molecule has 0 amide bonds. The van der Waals surface area contributed by atoms with E-state index in [-0.39, 0.29) is 5.82 Å². The van der Waals surface area contributed by atoms with Gasteiger partial charge in [0.2, 0.25) is 0 Å². The Bertz CT molecular complexity index is 396. The first-order valence-electron chi connectivity index (χ1n) is 6.78. The summed E-state index contributed by atoms with van der Waals surface area (Å²) in [7, 11) is 0. The van der Waals surface area contributed by atoms with Gasteiger partial charge in [0.1, 0.15) is 5.82 Å². The van der Waals surface area contributed by atoms with Gasteiger partial charge in [-0.2, -0.15) is 0 Å². The molecule has 0 aliphatic carbocycles. The zero-order valence-corrected chi connectivity index (χ0v) is 10.6. The van der Waals surface area contributed by atoms with Crippen LogP contribution in [0, 0.1) is 5.82 Å². The Morgan fingerprint density at radius 3 is 2.89 bits per heavy atom. The quantitative estimate of drug-likeness (QED) is 0.852. The van der Waals surface area contributed by atoms with Gasteiger partial charge in [-0.25, -0.2) is 4.39 Å². The van der Waals surface area contributed by atoms with Crippen molar-refractivity contribution >= 4 is 5.69 Å². The highest BCUT2D eigenvalue weighted by molar-refractivity contribution is 5.49. The maximum atomic E-state index is 13.1. The fraction of sp³-hybridized carbons (Fsp3) is 0.571. The molecule has 0 spiro atoms. The monoisotopic (exact) mass is 249 g/mol. The van der Waals surface area contributed by atoms with Gasteiger partial charge in [-0.3, -0.25) is 4.90 Å². The number of rotatable bonds is 2. The van der Waals surface area contributed by atoms with Crippen LogP contribution in [0.5, 0.6) is 0 Å². The summed E-state index contributed by atoms with van der Waals surface area (Å²) in [5.74, 6) is -0.144. The Labute approximate surface area is 108 Å². The second-order valence-corrected chi connectivity index (χ2v) is 5.18. The number of hydrogen-bond donors (Lipinski definition) is 1. The van der Waals surface area contributed by atoms with Crippen molar-refractivity contribution in [2.75, 3.05) is 44.2 Å². The van der Waals surface area contributed by atoms with E-state index in [9.17, 15) is 4.39 Å². The van der Waals surface area contributed by atoms with Gasteiger partial charge in [-0.05, 0) is 37.7 Å². The first kappa shape index (κ1) is 11.9. The van der Waals surface area contributed by atoms with E-state index in [0.29, 0.717) is 6.04 Å². The molecular weight excluding hydrogens is 229 g/mol. The summed E-state index contributed by atoms with van der Waals surface area (Å²) in [4.78, 5) is 4.82. The van der Waals surface area contributed by atoms with Crippen LogP contribution in [0.2, 0.25) is 0 Å². The van der Waals surface area contributed by atoms with Gasteiger partial charge >= 0.3 is 0 Å². The Kier molecular flexibility index (Phi) is 3.48. The Hall–Kier alpha value is -1.13. The summed E-state index contributed by atoms with van der Waals surface area (Å²) in [6.45, 7) is 6.62. The summed E-state index contributed by atoms with van der Waals surface area (Å²) in [6.07, 6.45) is 1.23. The van der Waals surface area contributed by atoms with Gasteiger partial charge in [0.25, 0.3) is 0 Å². The number of anilines is 1. The van der Waals surface area contributed by atoms with Crippen LogP contribution in [0.3, 0.4) is 0 Å². The Morgan fingerprint density at radius 1 is 1.17 bits per heavy atom. The van der Waals surface area contributed by atoms with Crippen LogP contribution in [0.4, 0.5) is 10.1 Å². The average molecular weight is 249 g/mol. The predicted molar refractivity (Wildman–Crippen MR) is 71.5 cm³/mol. The van der Waals surface area contributed by atoms with E-state index in [1.165, 1.54) is 19.0 Å². The van der Waals surface area contributed by atoms with Crippen LogP contribution < -0.4 is 10.2 Å². The van der Waals surface area contributed by atoms with Gasteiger partial charge in [0.15, 0.2) is 0 Å². The largest absolute Gasteiger partial charge is 0.368 e. The minimum atomic E-state index is -0.144. The summed E-state index contributed by atoms with van der Waals surface area (Å²) < 4.78 is 13.1. The van der Waals surface area contributed by atoms with Crippen molar-refractivity contribution in [2.24, 2.45) is 0 Å². The summed E-state index contributed by atoms with van der Waals surface area (Å²) in [5.41, 5.74) is 1.01. The molecule has 1 N–H and O–H groups in total. The highest BCUT2D eigenvalue weighted by Gasteiger charge is 2.31. The SMILES string of the molecule is Fc1cccc(N2CC(N3CCCNCC3)C2)c1. The fourth-order valence-corrected chi connectivity index (χ4v) is 2.80. The molecule has 98 valence electrons. The lowest BCUT2D eigenvalue weighted by Crippen LogP contribution is -2.60. The molecular formula is C14H20FN3. The molecule has 0 unspecified atom stereocenters. The minimum absolute atomic E-state index is 0.144. The zero-order chi connectivity index (χ0) is 12.4. The van der Waals surface area contributed by atoms with Crippen molar-refractivity contribution in [3.05, 3.63) is 30.1 Å². The predicted octanol–water partition coefficient (Wildman–Crippen LogP) is 1.31. The van der Waals surface area contributed by atoms with E-state index < -0.39 is 0 Å². The molecule has 0 saturated carbocycles. The fourth-order valence-electron chi connectivity index (χ4n) is 2.80. The maximum Gasteiger partial charge on any atom is 0.125 e. The Balaban J connectivity index is 1.56. The maximum absolute atomic E-state index is 13.1. The third-order valence-corrected chi connectivity index (χ3v) is 3.93. The van der Waals surface area contributed by atoms with E-state index in [1.54, 1.807) is 12.1 Å². The van der Waals surface area contributed by atoms with Crippen molar-refractivity contribution in [3.63, 3.8) is 0 Å². The number of hydrogen-bond acceptors (Lipinski definition) is 3. The molecule has 0 atom stereocenters. The van der Waals surface area contributed by atoms with Crippen molar-refractivity contribution in [3.8, 4) is 0 Å². The van der Waals surface area contributed by atoms with Crippen molar-refractivity contribution in [1.82, 2.24) is 10.2 Å². The molecule has 2 aliphatic heterocycles. The normalized spacial score (nSPS) is 22.6. The zero-order valence-electron chi connectivity index (χ0n) is 10.6. The third-order valence-electron chi connectivity index (χ3n) is 3.93. The topological polar surface area (TPSA) is 18.5 Å². The van der Waals surface area contributed by atoms with Crippen LogP contribution in [0.15, 0.2) is 24.3 Å². The molecule has 2 saturated heterocycles. The Morgan fingerprint density at radius 2 is 2.06 bits per heavy atom. The summed E-state index contributed by atoms with van der Waals surface area (Å²) in [6, 6.07) is 7.55. The van der Waals surface area contributed by atoms with E-state index in [2.05, 4.69) is 15.1 Å². The van der Waals surface area contributed by atoms with Crippen molar-refractivity contribution in [1.29, 1.82) is 0 Å². The number of nitrogens with zero attached hydrogens (tertiary/aromatic N) is 2. The highest BCUT2D eigenvalue weighted by Crippen LogP contribution is 2.24. The number of benzene rings is 1. The van der Waals surface area contributed by atoms with Gasteiger partial charge in [-0.15, -0.1) is 0 Å². The summed E-state index contributed by atoms with van der Waals surface area (Å²) in [5, 5.41) is 3.43. The van der Waals surface area contributed by atoms with Crippen LogP contribution >= 0.6 is 0 Å². The molecule has 1 aromatic carbocycles. The molecule has 3 rings (SSSR count). The molecule has 18 heavy (non-hydrogen) atoms. The lowest BCUT2D eigenvalue weighted by Gasteiger charge is -2.46. The van der Waals surface area contributed by atoms with Crippen LogP contribution in [0.25, 0.3) is 0 Å². The standard InChI is InChI=1S/C14H20FN3/c15-12-3-1-4-13(9-12)18-10-14(11-18)17-7-2-5-16-6-8-17/h1,3-4,9,14,16H,2,5-8,10-11H2. The smallest absolute Gasteiger partial charge is 0.125 e. The molecule has 4 heteroatoms. The molecule has 2 fully saturated rings. The number of nitrogens with one attached hydrogen (secondary N) is 1. The molecule has 0 radical (unpaired) electrons. The van der Waals surface area contributed by atoms with Crippen LogP contribution in [0.1, 0.15) is 6.42 Å². The van der Waals surface area contributed by atoms with Gasteiger partial charge < -0.3 is 10.2 Å². The van der Waals surface area contributed by atoms with E-state index in [1.807, 2.05) is 6.07 Å². The lowest BCUT2D eigenvalue weighted by atomic mass is 10.1. The molecule has 1 aromatic rings. The second kappa shape index (κ2) is 5.24. The summed E-state index contributed by atoms with van der Waals surface area (Å²) >= 11 is 0. The average Bonchev–Trinajstić information content (AvgIpc) is 2.56. The molecule has 3 nitrogen and oxygen atoms in total. The lowest BCUT2D eigenvalue weighted by molar-refractivity contribution is 0.177. The molecule has 2 aliphatic rings. The first-order chi connectivity index (χ1) is 8.83. The van der Waals surface area contributed by atoms with Gasteiger partial charge in [0, 0.05) is 37.9 Å². The molecule has 0 aromatic heterocycles. The van der Waals surface area contributed by atoms with Crippen LogP contribution in [-0.4, -0.2) is 50.2 Å². The van der Waals surface area contributed by atoms with E-state index in [0.717, 1.165) is 38.4 Å². The van der Waals surface area contributed by atoms with Crippen molar-refractivity contribution < 1.29 is 4.39 Å². The highest BCUT2D eigenvalue weighted by atomic mass is 19.1. The van der Waals surface area contributed by atoms with E-state index in [4.69, 9.17) is 0 Å². The first-order valence-corrected chi connectivity index (χ1v) is 6.78. The third kappa shape index (κ3) is 2.49. The van der Waals surface area contributed by atoms with Gasteiger partial charge in [0.05, 0.1) is 0 Å². The van der Waals surface area contributed by atoms with Crippen molar-refractivity contribution in [2.45, 2.75) is 12.5 Å². The van der Waals surface area contributed by atoms with E-state index >= 15 is 0 Å². The number of halogens is 1. The molecule has 2 heterocycles. The van der Waals surface area contributed by atoms with Crippen LogP contribution in [-0.2, 0) is 0 Å². The van der Waals surface area contributed by atoms with Gasteiger partial charge in [-0.1, -0.05) is 6.07 Å². The second-order valence-electron chi connectivity index (χ2n) is 5.18.